The van der Waals surface area contributed by atoms with Gasteiger partial charge in [0.1, 0.15) is 29.0 Å². The molecule has 1 N–H and O–H groups in total. The maximum atomic E-state index is 13.4. The normalized spacial score (nSPS) is 16.2. The van der Waals surface area contributed by atoms with E-state index in [2.05, 4.69) is 32.3 Å². The van der Waals surface area contributed by atoms with Gasteiger partial charge < -0.3 is 14.7 Å². The van der Waals surface area contributed by atoms with Gasteiger partial charge in [0.05, 0.1) is 5.92 Å². The molecule has 1 fully saturated rings. The van der Waals surface area contributed by atoms with Crippen LogP contribution in [0.1, 0.15) is 25.3 Å². The molecule has 8 heteroatoms. The van der Waals surface area contributed by atoms with Crippen LogP contribution in [0.5, 0.6) is 0 Å². The second-order valence-corrected chi connectivity index (χ2v) is 8.20. The molecule has 0 bridgehead atoms. The lowest BCUT2D eigenvalue weighted by Gasteiger charge is -2.33. The molecule has 7 nitrogen and oxygen atoms in total. The predicted molar refractivity (Wildman–Crippen MR) is 124 cm³/mol. The molecule has 1 aliphatic rings. The summed E-state index contributed by atoms with van der Waals surface area (Å²) < 4.78 is 18.9. The van der Waals surface area contributed by atoms with Crippen molar-refractivity contribution in [1.82, 2.24) is 15.1 Å². The zero-order valence-corrected chi connectivity index (χ0v) is 18.3. The molecule has 1 aliphatic heterocycles. The minimum absolute atomic E-state index is 0.00924. The lowest BCUT2D eigenvalue weighted by molar-refractivity contribution is -0.120. The minimum atomic E-state index is -0.322. The van der Waals surface area contributed by atoms with Crippen LogP contribution >= 0.6 is 0 Å². The number of hydrogen-bond acceptors (Lipinski definition) is 6. The van der Waals surface area contributed by atoms with Gasteiger partial charge in [0.15, 0.2) is 0 Å². The Bertz CT molecular complexity index is 1290. The van der Waals surface area contributed by atoms with Crippen LogP contribution in [-0.2, 0) is 11.2 Å². The van der Waals surface area contributed by atoms with Gasteiger partial charge in [-0.05, 0) is 55.2 Å². The number of para-hydroxylation sites is 1. The molecule has 33 heavy (non-hydrogen) atoms. The molecule has 3 heterocycles. The lowest BCUT2D eigenvalue weighted by Crippen LogP contribution is -2.41. The average Bonchev–Trinajstić information content (AvgIpc) is 3.29. The largest absolute Gasteiger partial charge is 0.355 e. The second kappa shape index (κ2) is 8.97. The van der Waals surface area contributed by atoms with Crippen LogP contribution in [-0.4, -0.2) is 34.1 Å². The Hall–Kier alpha value is -3.81. The molecule has 0 saturated carbocycles. The summed E-state index contributed by atoms with van der Waals surface area (Å²) in [6, 6.07) is 14.0. The number of halogens is 1. The van der Waals surface area contributed by atoms with Gasteiger partial charge >= 0.3 is 0 Å². The molecule has 2 aromatic heterocycles. The van der Waals surface area contributed by atoms with E-state index < -0.39 is 0 Å². The number of aromatic nitrogens is 3. The van der Waals surface area contributed by atoms with Gasteiger partial charge in [0.2, 0.25) is 5.91 Å². The second-order valence-electron chi connectivity index (χ2n) is 8.20. The number of hydrogen-bond donors (Lipinski definition) is 1. The van der Waals surface area contributed by atoms with Gasteiger partial charge in [0.25, 0.3) is 5.71 Å². The Morgan fingerprint density at radius 3 is 2.82 bits per heavy atom. The van der Waals surface area contributed by atoms with E-state index in [-0.39, 0.29) is 17.6 Å². The van der Waals surface area contributed by atoms with E-state index in [9.17, 15) is 9.18 Å². The number of benzene rings is 2. The number of fused-ring (bicyclic) bond motifs is 1. The fourth-order valence-electron chi connectivity index (χ4n) is 4.39. The van der Waals surface area contributed by atoms with E-state index in [0.29, 0.717) is 34.7 Å². The number of carbonyl (C=O) groups is 1. The Labute approximate surface area is 190 Å². The van der Waals surface area contributed by atoms with Crippen molar-refractivity contribution in [2.75, 3.05) is 23.3 Å². The Kier molecular flexibility index (Phi) is 5.73. The average molecular weight is 445 g/mol. The van der Waals surface area contributed by atoms with Crippen LogP contribution in [0.15, 0.2) is 59.4 Å². The highest BCUT2D eigenvalue weighted by atomic mass is 19.1. The summed E-state index contributed by atoms with van der Waals surface area (Å²) in [5.74, 6) is 0.183. The van der Waals surface area contributed by atoms with Gasteiger partial charge in [-0.15, -0.1) is 0 Å². The summed E-state index contributed by atoms with van der Waals surface area (Å²) in [6.07, 6.45) is 3.96. The third-order valence-corrected chi connectivity index (χ3v) is 6.12. The highest BCUT2D eigenvalue weighted by Gasteiger charge is 2.29. The highest BCUT2D eigenvalue weighted by Crippen LogP contribution is 2.35. The monoisotopic (exact) mass is 445 g/mol. The number of anilines is 2. The van der Waals surface area contributed by atoms with E-state index in [0.717, 1.165) is 37.1 Å². The summed E-state index contributed by atoms with van der Waals surface area (Å²) in [7, 11) is 0. The number of aryl methyl sites for hydroxylation is 1. The zero-order chi connectivity index (χ0) is 22.8. The van der Waals surface area contributed by atoms with Gasteiger partial charge in [-0.25, -0.2) is 9.37 Å². The van der Waals surface area contributed by atoms with E-state index >= 15 is 0 Å². The van der Waals surface area contributed by atoms with Crippen LogP contribution in [0.3, 0.4) is 0 Å². The minimum Gasteiger partial charge on any atom is -0.355 e. The molecule has 5 rings (SSSR count). The predicted octanol–water partition coefficient (Wildman–Crippen LogP) is 4.84. The molecule has 1 amide bonds. The molecule has 0 spiro atoms. The van der Waals surface area contributed by atoms with Crippen molar-refractivity contribution in [3.63, 3.8) is 0 Å². The topological polar surface area (TPSA) is 84.2 Å². The molecule has 2 aromatic carbocycles. The molecule has 168 valence electrons. The third kappa shape index (κ3) is 4.16. The maximum Gasteiger partial charge on any atom is 0.263 e. The standard InChI is InChI=1S/C25H24FN5O2/c1-2-16-6-3-4-8-20(16)29-24(32)18-7-5-13-31(14-18)23-21-22(17-9-11-19(26)12-10-17)30-33-25(21)28-15-27-23/h3-4,6,8-12,15,18H,2,5,7,13-14H2,1H3,(H,29,32)/t18-/m0/s1. The van der Waals surface area contributed by atoms with Gasteiger partial charge in [-0.3, -0.25) is 4.79 Å². The summed E-state index contributed by atoms with van der Waals surface area (Å²) in [5, 5.41) is 7.96. The van der Waals surface area contributed by atoms with Gasteiger partial charge in [-0.1, -0.05) is 30.3 Å². The summed E-state index contributed by atoms with van der Waals surface area (Å²) >= 11 is 0. The fourth-order valence-corrected chi connectivity index (χ4v) is 4.39. The fraction of sp³-hybridized carbons (Fsp3) is 0.280. The summed E-state index contributed by atoms with van der Waals surface area (Å²) in [4.78, 5) is 23.9. The van der Waals surface area contributed by atoms with Crippen LogP contribution < -0.4 is 10.2 Å². The number of piperidine rings is 1. The first kappa shape index (κ1) is 21.1. The summed E-state index contributed by atoms with van der Waals surface area (Å²) in [5.41, 5.74) is 3.62. The highest BCUT2D eigenvalue weighted by molar-refractivity contribution is 5.98. The quantitative estimate of drug-likeness (QED) is 0.473. The van der Waals surface area contributed by atoms with Gasteiger partial charge in [-0.2, -0.15) is 4.98 Å². The molecular formula is C25H24FN5O2. The van der Waals surface area contributed by atoms with E-state index in [1.165, 1.54) is 18.5 Å². The maximum absolute atomic E-state index is 13.4. The van der Waals surface area contributed by atoms with Crippen LogP contribution in [0.2, 0.25) is 0 Å². The van der Waals surface area contributed by atoms with Crippen LogP contribution in [0.25, 0.3) is 22.4 Å². The first-order valence-electron chi connectivity index (χ1n) is 11.1. The molecular weight excluding hydrogens is 421 g/mol. The van der Waals surface area contributed by atoms with E-state index in [1.807, 2.05) is 24.3 Å². The molecule has 0 radical (unpaired) electrons. The Morgan fingerprint density at radius 2 is 2.00 bits per heavy atom. The molecule has 1 saturated heterocycles. The first-order chi connectivity index (χ1) is 16.1. The van der Waals surface area contributed by atoms with Crippen molar-refractivity contribution in [1.29, 1.82) is 0 Å². The van der Waals surface area contributed by atoms with E-state index in [4.69, 9.17) is 4.52 Å². The zero-order valence-electron chi connectivity index (χ0n) is 18.3. The number of carbonyl (C=O) groups excluding carboxylic acids is 1. The summed E-state index contributed by atoms with van der Waals surface area (Å²) in [6.45, 7) is 3.36. The number of nitrogens with one attached hydrogen (secondary N) is 1. The van der Waals surface area contributed by atoms with Crippen molar-refractivity contribution < 1.29 is 13.7 Å². The Morgan fingerprint density at radius 1 is 1.18 bits per heavy atom. The van der Waals surface area contributed by atoms with Crippen molar-refractivity contribution in [2.45, 2.75) is 26.2 Å². The van der Waals surface area contributed by atoms with Crippen molar-refractivity contribution in [3.05, 3.63) is 66.2 Å². The number of nitrogens with zero attached hydrogens (tertiary/aromatic N) is 4. The molecule has 0 unspecified atom stereocenters. The van der Waals surface area contributed by atoms with Crippen LogP contribution in [0, 0.1) is 11.7 Å². The lowest BCUT2D eigenvalue weighted by atomic mass is 9.96. The van der Waals surface area contributed by atoms with Crippen molar-refractivity contribution >= 4 is 28.5 Å². The Balaban J connectivity index is 1.42. The molecule has 4 aromatic rings. The molecule has 1 atom stereocenters. The van der Waals surface area contributed by atoms with Gasteiger partial charge in [0, 0.05) is 24.3 Å². The third-order valence-electron chi connectivity index (χ3n) is 6.12. The first-order valence-corrected chi connectivity index (χ1v) is 11.1. The van der Waals surface area contributed by atoms with Crippen molar-refractivity contribution in [3.8, 4) is 11.3 Å². The number of amides is 1. The number of rotatable bonds is 5. The van der Waals surface area contributed by atoms with E-state index in [1.54, 1.807) is 12.1 Å². The van der Waals surface area contributed by atoms with Crippen molar-refractivity contribution in [2.24, 2.45) is 5.92 Å². The molecule has 0 aliphatic carbocycles. The smallest absolute Gasteiger partial charge is 0.263 e. The van der Waals surface area contributed by atoms with Crippen LogP contribution in [0.4, 0.5) is 15.9 Å². The SMILES string of the molecule is CCc1ccccc1NC(=O)[C@H]1CCCN(c2ncnc3onc(-c4ccc(F)cc4)c23)C1.